The van der Waals surface area contributed by atoms with Crippen molar-refractivity contribution in [2.24, 2.45) is 0 Å². The molecule has 0 fully saturated rings. The normalized spacial score (nSPS) is 10.7. The minimum Gasteiger partial charge on any atom is -0.744 e. The van der Waals surface area contributed by atoms with Crippen LogP contribution >= 0.6 is 0 Å². The molecule has 0 aliphatic heterocycles. The van der Waals surface area contributed by atoms with Crippen LogP contribution in [0.25, 0.3) is 0 Å². The van der Waals surface area contributed by atoms with Crippen LogP contribution in [-0.4, -0.2) is 84.7 Å². The summed E-state index contributed by atoms with van der Waals surface area (Å²) in [4.78, 5) is 17.6. The number of nitro groups is 2. The second kappa shape index (κ2) is 10.3. The molecule has 0 N–H and O–H groups in total. The maximum absolute atomic E-state index is 10.4. The molecule has 15 heteroatoms. The van der Waals surface area contributed by atoms with Crippen molar-refractivity contribution in [2.75, 3.05) is 0 Å². The van der Waals surface area contributed by atoms with Gasteiger partial charge in [0.1, 0.15) is 20.2 Å². The van der Waals surface area contributed by atoms with Gasteiger partial charge in [-0.1, -0.05) is 12.1 Å². The van der Waals surface area contributed by atoms with Gasteiger partial charge >= 0.3 is 48.9 Å². The molecule has 0 radical (unpaired) electrons. The Kier molecular flexibility index (Phi) is 9.73. The number of benzene rings is 2. The first kappa shape index (κ1) is 25.6. The quantitative estimate of drug-likeness (QED) is 0.228. The molecule has 140 valence electrons. The van der Waals surface area contributed by atoms with Crippen LogP contribution in [0.4, 0.5) is 11.4 Å². The van der Waals surface area contributed by atoms with E-state index in [9.17, 15) is 46.2 Å². The van der Waals surface area contributed by atoms with Crippen LogP contribution in [-0.2, 0) is 20.2 Å². The average Bonchev–Trinajstić information content (AvgIpc) is 2.54. The van der Waals surface area contributed by atoms with Crippen molar-refractivity contribution in [1.82, 2.24) is 0 Å². The summed E-state index contributed by atoms with van der Waals surface area (Å²) in [6.45, 7) is 0. The van der Waals surface area contributed by atoms with Crippen LogP contribution in [0.5, 0.6) is 0 Å². The van der Waals surface area contributed by atoms with Gasteiger partial charge in [-0.25, -0.2) is 16.8 Å². The first-order chi connectivity index (χ1) is 11.8. The van der Waals surface area contributed by atoms with Crippen LogP contribution in [0.1, 0.15) is 0 Å². The predicted octanol–water partition coefficient (Wildman–Crippen LogP) is 0.617. The predicted molar refractivity (Wildman–Crippen MR) is 87.9 cm³/mol. The van der Waals surface area contributed by atoms with Crippen molar-refractivity contribution >= 4 is 80.5 Å². The minimum atomic E-state index is -4.61. The van der Waals surface area contributed by atoms with Gasteiger partial charge in [-0.3, -0.25) is 20.2 Å². The number of nitrogens with zero attached hydrogens (tertiary/aromatic N) is 2. The molecule has 2 aromatic rings. The van der Waals surface area contributed by atoms with Gasteiger partial charge in [0.15, 0.2) is 0 Å². The van der Waals surface area contributed by atoms with Gasteiger partial charge in [-0.15, -0.1) is 0 Å². The molecule has 0 saturated heterocycles. The molecule has 0 spiro atoms. The standard InChI is InChI=1S/2C6H5NO5S.Ba/c2*8-7(9)5-2-1-3-6(4-5)13(10,11)12;/h2*1-4H,(H,10,11,12);/q;;+2/p-2. The van der Waals surface area contributed by atoms with E-state index >= 15 is 0 Å². The summed E-state index contributed by atoms with van der Waals surface area (Å²) >= 11 is 0. The third-order valence-electron chi connectivity index (χ3n) is 2.63. The van der Waals surface area contributed by atoms with Gasteiger partial charge in [0.25, 0.3) is 11.4 Å². The summed E-state index contributed by atoms with van der Waals surface area (Å²) in [6, 6.07) is 7.96. The zero-order valence-electron chi connectivity index (χ0n) is 13.1. The third-order valence-corrected chi connectivity index (χ3v) is 4.30. The topological polar surface area (TPSA) is 201 Å². The maximum atomic E-state index is 10.4. The molecule has 2 rings (SSSR count). The van der Waals surface area contributed by atoms with E-state index in [2.05, 4.69) is 0 Å². The van der Waals surface area contributed by atoms with Crippen LogP contribution in [0.2, 0.25) is 0 Å². The molecular formula is C12H8BaN2O10S2. The van der Waals surface area contributed by atoms with Crippen molar-refractivity contribution in [2.45, 2.75) is 9.79 Å². The summed E-state index contributed by atoms with van der Waals surface area (Å²) in [5, 5.41) is 20.4. The number of hydrogen-bond donors (Lipinski definition) is 0. The largest absolute Gasteiger partial charge is 2.00 e. The van der Waals surface area contributed by atoms with E-state index in [1.54, 1.807) is 0 Å². The summed E-state index contributed by atoms with van der Waals surface area (Å²) in [6.07, 6.45) is 0. The van der Waals surface area contributed by atoms with E-state index in [0.29, 0.717) is 0 Å². The molecule has 0 aliphatic rings. The zero-order valence-corrected chi connectivity index (χ0v) is 19.2. The molecule has 0 amide bonds. The fourth-order valence-corrected chi connectivity index (χ4v) is 2.53. The van der Waals surface area contributed by atoms with Gasteiger partial charge in [-0.2, -0.15) is 0 Å². The van der Waals surface area contributed by atoms with Crippen LogP contribution < -0.4 is 0 Å². The van der Waals surface area contributed by atoms with Gasteiger partial charge in [0.2, 0.25) is 0 Å². The third kappa shape index (κ3) is 8.45. The molecule has 27 heavy (non-hydrogen) atoms. The van der Waals surface area contributed by atoms with Crippen molar-refractivity contribution in [1.29, 1.82) is 0 Å². The van der Waals surface area contributed by atoms with Gasteiger partial charge in [0.05, 0.1) is 19.6 Å². The fraction of sp³-hybridized carbons (Fsp3) is 0. The van der Waals surface area contributed by atoms with E-state index < -0.39 is 51.2 Å². The number of nitro benzene ring substituents is 2. The Bertz CT molecular complexity index is 968. The molecule has 0 bridgehead atoms. The maximum Gasteiger partial charge on any atom is 2.00 e. The van der Waals surface area contributed by atoms with Crippen molar-refractivity contribution in [3.05, 3.63) is 68.8 Å². The van der Waals surface area contributed by atoms with E-state index in [1.807, 2.05) is 0 Å². The van der Waals surface area contributed by atoms with E-state index in [0.717, 1.165) is 48.5 Å². The van der Waals surface area contributed by atoms with Crippen molar-refractivity contribution < 1.29 is 35.8 Å². The van der Waals surface area contributed by atoms with Gasteiger partial charge in [-0.05, 0) is 12.1 Å². The second-order valence-corrected chi connectivity index (χ2v) is 7.18. The monoisotopic (exact) mass is 542 g/mol. The van der Waals surface area contributed by atoms with Gasteiger partial charge in [0, 0.05) is 24.3 Å². The van der Waals surface area contributed by atoms with Crippen molar-refractivity contribution in [3.8, 4) is 0 Å². The molecule has 0 aromatic heterocycles. The molecule has 0 unspecified atom stereocenters. The van der Waals surface area contributed by atoms with E-state index in [1.165, 1.54) is 0 Å². The molecule has 0 saturated carbocycles. The fourth-order valence-electron chi connectivity index (χ4n) is 1.51. The smallest absolute Gasteiger partial charge is 0.744 e. The summed E-state index contributed by atoms with van der Waals surface area (Å²) in [5.41, 5.74) is -0.839. The molecule has 0 atom stereocenters. The Balaban J connectivity index is 0.000000483. The van der Waals surface area contributed by atoms with E-state index in [4.69, 9.17) is 0 Å². The summed E-state index contributed by atoms with van der Waals surface area (Å²) < 4.78 is 62.6. The number of non-ortho nitro benzene ring substituents is 2. The Labute approximate surface area is 193 Å². The summed E-state index contributed by atoms with van der Waals surface area (Å²) in [7, 11) is -9.23. The first-order valence-corrected chi connectivity index (χ1v) is 9.04. The van der Waals surface area contributed by atoms with Crippen LogP contribution in [0.15, 0.2) is 58.3 Å². The minimum absolute atomic E-state index is 0. The van der Waals surface area contributed by atoms with E-state index in [-0.39, 0.29) is 48.9 Å². The number of hydrogen-bond acceptors (Lipinski definition) is 10. The second-order valence-electron chi connectivity index (χ2n) is 4.42. The molecule has 12 nitrogen and oxygen atoms in total. The van der Waals surface area contributed by atoms with Crippen LogP contribution in [0.3, 0.4) is 0 Å². The molecule has 0 heterocycles. The Hall–Kier alpha value is -1.37. The Morgan fingerprint density at radius 2 is 0.963 bits per heavy atom. The SMILES string of the molecule is O=[N+]([O-])c1cccc(S(=O)(=O)[O-])c1.O=[N+]([O-])c1cccc(S(=O)(=O)[O-])c1.[Ba+2]. The molecule has 2 aromatic carbocycles. The molecular weight excluding hydrogens is 534 g/mol. The molecule has 0 aliphatic carbocycles. The first-order valence-electron chi connectivity index (χ1n) is 6.23. The summed E-state index contributed by atoms with van der Waals surface area (Å²) in [5.74, 6) is 0. The zero-order chi connectivity index (χ0) is 20.1. The Morgan fingerprint density at radius 1 is 0.667 bits per heavy atom. The van der Waals surface area contributed by atoms with Gasteiger partial charge < -0.3 is 9.11 Å². The van der Waals surface area contributed by atoms with Crippen LogP contribution in [0, 0.1) is 20.2 Å². The van der Waals surface area contributed by atoms with Crippen molar-refractivity contribution in [3.63, 3.8) is 0 Å². The Morgan fingerprint density at radius 3 is 1.19 bits per heavy atom. The average molecular weight is 542 g/mol. The number of rotatable bonds is 4.